The first-order valence-corrected chi connectivity index (χ1v) is 7.79. The van der Waals surface area contributed by atoms with Gasteiger partial charge < -0.3 is 11.5 Å². The second-order valence-corrected chi connectivity index (χ2v) is 6.97. The molecule has 1 amide bonds. The smallest absolute Gasteiger partial charge is 0.241 e. The Kier molecular flexibility index (Phi) is 5.01. The molecule has 8 heteroatoms. The Balaban J connectivity index is 3.24. The Hall–Kier alpha value is -1.31. The van der Waals surface area contributed by atoms with E-state index >= 15 is 0 Å². The molecule has 5 N–H and O–H groups in total. The number of nitrogen functional groups attached to an aromatic ring is 1. The average molecular weight is 320 g/mol. The zero-order chi connectivity index (χ0) is 15.7. The standard InChI is InChI=1S/C12H18ClN3O3S/c1-6(2)11(12(15)17)16-20(18,19)10-5-9(14)8(13)4-7(10)3/h4-6,11,16H,14H2,1-3H3,(H2,15,17). The van der Waals surface area contributed by atoms with Gasteiger partial charge >= 0.3 is 0 Å². The molecule has 112 valence electrons. The van der Waals surface area contributed by atoms with Crippen LogP contribution in [0.1, 0.15) is 19.4 Å². The van der Waals surface area contributed by atoms with Crippen LogP contribution >= 0.6 is 11.6 Å². The summed E-state index contributed by atoms with van der Waals surface area (Å²) < 4.78 is 26.9. The highest BCUT2D eigenvalue weighted by atomic mass is 35.5. The normalized spacial score (nSPS) is 13.4. The molecule has 0 heterocycles. The first-order valence-electron chi connectivity index (χ1n) is 5.93. The highest BCUT2D eigenvalue weighted by molar-refractivity contribution is 7.89. The van der Waals surface area contributed by atoms with Crippen molar-refractivity contribution in [2.75, 3.05) is 5.73 Å². The van der Waals surface area contributed by atoms with E-state index in [0.29, 0.717) is 5.56 Å². The predicted molar refractivity (Wildman–Crippen MR) is 78.7 cm³/mol. The van der Waals surface area contributed by atoms with Crippen LogP contribution in [0.5, 0.6) is 0 Å². The third-order valence-electron chi connectivity index (χ3n) is 2.84. The van der Waals surface area contributed by atoms with E-state index in [1.165, 1.54) is 12.1 Å². The molecule has 0 fully saturated rings. The molecule has 20 heavy (non-hydrogen) atoms. The minimum atomic E-state index is -3.91. The van der Waals surface area contributed by atoms with Gasteiger partial charge in [0.2, 0.25) is 15.9 Å². The number of nitrogens with one attached hydrogen (secondary N) is 1. The van der Waals surface area contributed by atoms with Crippen LogP contribution in [0.2, 0.25) is 5.02 Å². The molecule has 0 bridgehead atoms. The van der Waals surface area contributed by atoms with E-state index in [2.05, 4.69) is 4.72 Å². The molecule has 0 radical (unpaired) electrons. The molecule has 0 saturated carbocycles. The van der Waals surface area contributed by atoms with E-state index in [1.54, 1.807) is 20.8 Å². The van der Waals surface area contributed by atoms with Crippen LogP contribution in [-0.2, 0) is 14.8 Å². The number of carbonyl (C=O) groups excluding carboxylic acids is 1. The molecule has 1 atom stereocenters. The van der Waals surface area contributed by atoms with Crippen molar-refractivity contribution < 1.29 is 13.2 Å². The number of benzene rings is 1. The number of hydrogen-bond donors (Lipinski definition) is 3. The van der Waals surface area contributed by atoms with Gasteiger partial charge in [-0.25, -0.2) is 8.42 Å². The van der Waals surface area contributed by atoms with Crippen molar-refractivity contribution in [2.45, 2.75) is 31.7 Å². The second-order valence-electron chi connectivity index (χ2n) is 4.88. The Morgan fingerprint density at radius 1 is 1.35 bits per heavy atom. The molecule has 0 aromatic heterocycles. The van der Waals surface area contributed by atoms with Crippen molar-refractivity contribution in [1.29, 1.82) is 0 Å². The van der Waals surface area contributed by atoms with Gasteiger partial charge in [-0.1, -0.05) is 25.4 Å². The zero-order valence-electron chi connectivity index (χ0n) is 11.5. The van der Waals surface area contributed by atoms with Gasteiger partial charge in [-0.2, -0.15) is 4.72 Å². The molecule has 0 aliphatic rings. The number of aryl methyl sites for hydroxylation is 1. The maximum absolute atomic E-state index is 12.3. The van der Waals surface area contributed by atoms with E-state index in [1.807, 2.05) is 0 Å². The fraction of sp³-hybridized carbons (Fsp3) is 0.417. The van der Waals surface area contributed by atoms with E-state index in [-0.39, 0.29) is 21.5 Å². The number of primary amides is 1. The lowest BCUT2D eigenvalue weighted by Gasteiger charge is -2.20. The number of carbonyl (C=O) groups is 1. The van der Waals surface area contributed by atoms with E-state index in [4.69, 9.17) is 23.1 Å². The lowest BCUT2D eigenvalue weighted by molar-refractivity contribution is -0.120. The van der Waals surface area contributed by atoms with Gasteiger partial charge in [-0.15, -0.1) is 0 Å². The molecular weight excluding hydrogens is 302 g/mol. The summed E-state index contributed by atoms with van der Waals surface area (Å²) in [6, 6.07) is 1.73. The SMILES string of the molecule is Cc1cc(Cl)c(N)cc1S(=O)(=O)NC(C(N)=O)C(C)C. The molecule has 0 aliphatic heterocycles. The highest BCUT2D eigenvalue weighted by Crippen LogP contribution is 2.26. The number of halogens is 1. The first-order chi connectivity index (χ1) is 9.06. The van der Waals surface area contributed by atoms with Crippen molar-refractivity contribution in [1.82, 2.24) is 4.72 Å². The first kappa shape index (κ1) is 16.7. The van der Waals surface area contributed by atoms with Crippen molar-refractivity contribution >= 4 is 33.2 Å². The number of rotatable bonds is 5. The van der Waals surface area contributed by atoms with Crippen molar-refractivity contribution in [2.24, 2.45) is 11.7 Å². The fourth-order valence-electron chi connectivity index (χ4n) is 1.71. The average Bonchev–Trinajstić information content (AvgIpc) is 2.30. The molecule has 0 aliphatic carbocycles. The molecule has 6 nitrogen and oxygen atoms in total. The largest absolute Gasteiger partial charge is 0.397 e. The summed E-state index contributed by atoms with van der Waals surface area (Å²) >= 11 is 5.83. The minimum absolute atomic E-state index is 0.0219. The molecule has 1 unspecified atom stereocenters. The molecule has 1 aromatic rings. The number of amides is 1. The highest BCUT2D eigenvalue weighted by Gasteiger charge is 2.28. The minimum Gasteiger partial charge on any atom is -0.397 e. The fourth-order valence-corrected chi connectivity index (χ4v) is 3.54. The molecule has 0 saturated heterocycles. The Morgan fingerprint density at radius 2 is 1.90 bits per heavy atom. The van der Waals surface area contributed by atoms with Gasteiger partial charge in [0.25, 0.3) is 0 Å². The van der Waals surface area contributed by atoms with Crippen molar-refractivity contribution in [3.05, 3.63) is 22.7 Å². The van der Waals surface area contributed by atoms with Crippen LogP contribution in [0.4, 0.5) is 5.69 Å². The number of anilines is 1. The molecule has 1 rings (SSSR count). The lowest BCUT2D eigenvalue weighted by Crippen LogP contribution is -2.47. The number of nitrogens with two attached hydrogens (primary N) is 2. The van der Waals surface area contributed by atoms with Gasteiger partial charge in [0.1, 0.15) is 6.04 Å². The van der Waals surface area contributed by atoms with Gasteiger partial charge in [-0.3, -0.25) is 4.79 Å². The van der Waals surface area contributed by atoms with E-state index < -0.39 is 22.0 Å². The van der Waals surface area contributed by atoms with Crippen LogP contribution in [0.25, 0.3) is 0 Å². The molecule has 1 aromatic carbocycles. The third kappa shape index (κ3) is 3.62. The van der Waals surface area contributed by atoms with Crippen LogP contribution in [0, 0.1) is 12.8 Å². The predicted octanol–water partition coefficient (Wildman–Crippen LogP) is 1.02. The van der Waals surface area contributed by atoms with E-state index in [0.717, 1.165) is 0 Å². The third-order valence-corrected chi connectivity index (χ3v) is 4.75. The maximum atomic E-state index is 12.3. The Morgan fingerprint density at radius 3 is 2.35 bits per heavy atom. The van der Waals surface area contributed by atoms with Crippen LogP contribution in [-0.4, -0.2) is 20.4 Å². The topological polar surface area (TPSA) is 115 Å². The molecule has 0 spiro atoms. The second kappa shape index (κ2) is 5.99. The van der Waals surface area contributed by atoms with Crippen LogP contribution in [0.3, 0.4) is 0 Å². The van der Waals surface area contributed by atoms with Gasteiger partial charge in [0.05, 0.1) is 15.6 Å². The van der Waals surface area contributed by atoms with Crippen molar-refractivity contribution in [3.63, 3.8) is 0 Å². The van der Waals surface area contributed by atoms with Crippen molar-refractivity contribution in [3.8, 4) is 0 Å². The summed E-state index contributed by atoms with van der Waals surface area (Å²) in [6.45, 7) is 4.98. The summed E-state index contributed by atoms with van der Waals surface area (Å²) in [5.41, 5.74) is 11.4. The summed E-state index contributed by atoms with van der Waals surface area (Å²) in [6.07, 6.45) is 0. The zero-order valence-corrected chi connectivity index (χ0v) is 13.0. The molecular formula is C12H18ClN3O3S. The monoisotopic (exact) mass is 319 g/mol. The van der Waals surface area contributed by atoms with Gasteiger partial charge in [0, 0.05) is 0 Å². The lowest BCUT2D eigenvalue weighted by atomic mass is 10.1. The summed E-state index contributed by atoms with van der Waals surface area (Å²) in [4.78, 5) is 11.3. The van der Waals surface area contributed by atoms with Gasteiger partial charge in [0.15, 0.2) is 0 Å². The summed E-state index contributed by atoms with van der Waals surface area (Å²) in [5, 5.41) is 0.275. The van der Waals surface area contributed by atoms with Gasteiger partial charge in [-0.05, 0) is 30.5 Å². The Labute approximate surface area is 123 Å². The Bertz CT molecular complexity index is 629. The quantitative estimate of drug-likeness (QED) is 0.702. The number of sulfonamides is 1. The maximum Gasteiger partial charge on any atom is 0.241 e. The summed E-state index contributed by atoms with van der Waals surface area (Å²) in [5.74, 6) is -1.00. The van der Waals surface area contributed by atoms with Crippen LogP contribution < -0.4 is 16.2 Å². The summed E-state index contributed by atoms with van der Waals surface area (Å²) in [7, 11) is -3.91. The van der Waals surface area contributed by atoms with E-state index in [9.17, 15) is 13.2 Å². The van der Waals surface area contributed by atoms with Crippen LogP contribution in [0.15, 0.2) is 17.0 Å². The number of hydrogen-bond acceptors (Lipinski definition) is 4.